The lowest BCUT2D eigenvalue weighted by Crippen LogP contribution is -2.30. The van der Waals surface area contributed by atoms with Gasteiger partial charge in [0.2, 0.25) is 0 Å². The molecule has 4 rings (SSSR count). The number of nitrogens with one attached hydrogen (secondary N) is 2. The van der Waals surface area contributed by atoms with E-state index in [4.69, 9.17) is 39.3 Å². The molecule has 1 amide bonds. The van der Waals surface area contributed by atoms with E-state index in [2.05, 4.69) is 21.0 Å². The second-order valence-electron chi connectivity index (χ2n) is 6.14. The molecule has 0 bridgehead atoms. The Morgan fingerprint density at radius 2 is 1.88 bits per heavy atom. The first-order chi connectivity index (χ1) is 12.4. The molecule has 1 aliphatic rings. The van der Waals surface area contributed by atoms with Crippen molar-refractivity contribution in [3.8, 4) is 0 Å². The fourth-order valence-electron chi connectivity index (χ4n) is 2.73. The van der Waals surface area contributed by atoms with Gasteiger partial charge in [0.15, 0.2) is 0 Å². The topological polar surface area (TPSA) is 80.0 Å². The Morgan fingerprint density at radius 3 is 2.54 bits per heavy atom. The Balaban J connectivity index is 1.65. The summed E-state index contributed by atoms with van der Waals surface area (Å²) in [5.41, 5.74) is 7.96. The number of hydrogen-bond acceptors (Lipinski definition) is 5. The molecule has 2 N–H and O–H groups in total. The molecule has 3 aromatic rings. The van der Waals surface area contributed by atoms with Gasteiger partial charge in [-0.05, 0) is 38.0 Å². The van der Waals surface area contributed by atoms with E-state index in [1.54, 1.807) is 13.0 Å². The van der Waals surface area contributed by atoms with Gasteiger partial charge in [-0.25, -0.2) is 4.98 Å². The minimum absolute atomic E-state index is 0.294. The van der Waals surface area contributed by atoms with Crippen LogP contribution in [0, 0.1) is 6.92 Å². The van der Waals surface area contributed by atoms with Crippen LogP contribution in [0.15, 0.2) is 22.7 Å². The molecule has 0 spiro atoms. The smallest absolute Gasteiger partial charge is 0.270 e. The van der Waals surface area contributed by atoms with Gasteiger partial charge >= 0.3 is 0 Å². The zero-order valence-electron chi connectivity index (χ0n) is 13.6. The number of hydrogen-bond donors (Lipinski definition) is 2. The van der Waals surface area contributed by atoms with E-state index in [1.165, 1.54) is 12.1 Å². The Hall–Kier alpha value is -2.02. The number of benzene rings is 1. The van der Waals surface area contributed by atoms with Gasteiger partial charge in [-0.3, -0.25) is 15.6 Å². The molecule has 0 radical (unpaired) electrons. The van der Waals surface area contributed by atoms with Gasteiger partial charge in [0, 0.05) is 16.6 Å². The first-order valence-corrected chi connectivity index (χ1v) is 9.05. The van der Waals surface area contributed by atoms with Crippen LogP contribution in [0.2, 0.25) is 15.1 Å². The maximum atomic E-state index is 12.8. The van der Waals surface area contributed by atoms with Crippen molar-refractivity contribution in [3.63, 3.8) is 0 Å². The molecule has 1 saturated carbocycles. The van der Waals surface area contributed by atoms with Crippen LogP contribution in [0.1, 0.15) is 40.5 Å². The number of amides is 1. The van der Waals surface area contributed by atoms with Crippen molar-refractivity contribution in [3.05, 3.63) is 50.2 Å². The lowest BCUT2D eigenvalue weighted by molar-refractivity contribution is 0.0964. The van der Waals surface area contributed by atoms with Crippen molar-refractivity contribution in [1.29, 1.82) is 0 Å². The van der Waals surface area contributed by atoms with E-state index in [0.717, 1.165) is 18.5 Å². The number of fused-ring (bicyclic) bond motifs is 1. The van der Waals surface area contributed by atoms with Crippen LogP contribution < -0.4 is 10.9 Å². The van der Waals surface area contributed by atoms with Crippen molar-refractivity contribution < 1.29 is 9.32 Å². The van der Waals surface area contributed by atoms with Crippen molar-refractivity contribution >= 4 is 57.5 Å². The molecule has 0 aliphatic heterocycles. The average molecular weight is 412 g/mol. The number of carbonyl (C=O) groups is 1. The number of carbonyl (C=O) groups excluding carboxylic acids is 1. The fourth-order valence-corrected chi connectivity index (χ4v) is 3.64. The van der Waals surface area contributed by atoms with Crippen molar-refractivity contribution in [2.75, 3.05) is 5.43 Å². The summed E-state index contributed by atoms with van der Waals surface area (Å²) < 4.78 is 5.25. The molecule has 0 atom stereocenters. The highest BCUT2D eigenvalue weighted by Gasteiger charge is 2.28. The molecule has 1 aliphatic carbocycles. The maximum Gasteiger partial charge on any atom is 0.270 e. The summed E-state index contributed by atoms with van der Waals surface area (Å²) in [4.78, 5) is 17.3. The largest absolute Gasteiger partial charge is 0.336 e. The van der Waals surface area contributed by atoms with E-state index in [0.29, 0.717) is 49.0 Å². The van der Waals surface area contributed by atoms with Gasteiger partial charge in [-0.15, -0.1) is 0 Å². The van der Waals surface area contributed by atoms with Gasteiger partial charge in [-0.1, -0.05) is 40.0 Å². The van der Waals surface area contributed by atoms with Crippen molar-refractivity contribution in [2.24, 2.45) is 0 Å². The molecule has 2 aromatic heterocycles. The van der Waals surface area contributed by atoms with Crippen LogP contribution in [-0.2, 0) is 0 Å². The van der Waals surface area contributed by atoms with Crippen LogP contribution in [-0.4, -0.2) is 16.0 Å². The molecular formula is C17H13Cl3N4O2. The highest BCUT2D eigenvalue weighted by atomic mass is 35.5. The second kappa shape index (κ2) is 6.61. The Bertz CT molecular complexity index is 1010. The molecule has 0 unspecified atom stereocenters. The van der Waals surface area contributed by atoms with Crippen LogP contribution in [0.5, 0.6) is 0 Å². The van der Waals surface area contributed by atoms with Crippen LogP contribution >= 0.6 is 34.8 Å². The minimum Gasteiger partial charge on any atom is -0.336 e. The van der Waals surface area contributed by atoms with E-state index in [9.17, 15) is 4.79 Å². The highest BCUT2D eigenvalue weighted by molar-refractivity contribution is 6.41. The monoisotopic (exact) mass is 410 g/mol. The molecule has 26 heavy (non-hydrogen) atoms. The standard InChI is InChI=1S/C17H13Cl3N4O2/c1-7-14-10(6-13(8-2-3-8)21-17(14)26-24-7)16(25)23-22-15-11(19)4-9(18)5-12(15)20/h4-6,8,22H,2-3H2,1H3,(H,23,25). The number of halogens is 3. The molecule has 1 fully saturated rings. The summed E-state index contributed by atoms with van der Waals surface area (Å²) in [6.07, 6.45) is 2.11. The number of aryl methyl sites for hydroxylation is 1. The first-order valence-electron chi connectivity index (χ1n) is 7.92. The average Bonchev–Trinajstić information content (AvgIpc) is 3.37. The van der Waals surface area contributed by atoms with E-state index in [1.807, 2.05) is 0 Å². The fraction of sp³-hybridized carbons (Fsp3) is 0.235. The number of hydrazine groups is 1. The number of anilines is 1. The maximum absolute atomic E-state index is 12.8. The summed E-state index contributed by atoms with van der Waals surface area (Å²) in [5.74, 6) is -0.00264. The Morgan fingerprint density at radius 1 is 1.19 bits per heavy atom. The molecular weight excluding hydrogens is 399 g/mol. The zero-order valence-corrected chi connectivity index (χ0v) is 15.8. The lowest BCUT2D eigenvalue weighted by Gasteiger charge is -2.13. The second-order valence-corrected chi connectivity index (χ2v) is 7.39. The van der Waals surface area contributed by atoms with Gasteiger partial charge in [0.25, 0.3) is 11.6 Å². The summed E-state index contributed by atoms with van der Waals surface area (Å²) in [6.45, 7) is 1.77. The molecule has 2 heterocycles. The number of rotatable bonds is 4. The number of aromatic nitrogens is 2. The van der Waals surface area contributed by atoms with Gasteiger partial charge < -0.3 is 4.52 Å². The SMILES string of the molecule is Cc1noc2nc(C3CC3)cc(C(=O)NNc3c(Cl)cc(Cl)cc3Cl)c12. The van der Waals surface area contributed by atoms with Crippen LogP contribution in [0.25, 0.3) is 11.1 Å². The lowest BCUT2D eigenvalue weighted by atomic mass is 10.1. The predicted octanol–water partition coefficient (Wildman–Crippen LogP) is 5.13. The summed E-state index contributed by atoms with van der Waals surface area (Å²) >= 11 is 18.1. The van der Waals surface area contributed by atoms with Gasteiger partial charge in [0.1, 0.15) is 0 Å². The van der Waals surface area contributed by atoms with Crippen LogP contribution in [0.4, 0.5) is 5.69 Å². The third-order valence-electron chi connectivity index (χ3n) is 4.19. The predicted molar refractivity (Wildman–Crippen MR) is 101 cm³/mol. The summed E-state index contributed by atoms with van der Waals surface area (Å²) in [6, 6.07) is 4.85. The van der Waals surface area contributed by atoms with Gasteiger partial charge in [-0.2, -0.15) is 0 Å². The molecule has 134 valence electrons. The zero-order chi connectivity index (χ0) is 18.4. The van der Waals surface area contributed by atoms with E-state index < -0.39 is 0 Å². The van der Waals surface area contributed by atoms with E-state index in [-0.39, 0.29) is 5.91 Å². The normalized spacial score (nSPS) is 13.8. The van der Waals surface area contributed by atoms with Crippen molar-refractivity contribution in [2.45, 2.75) is 25.7 Å². The highest BCUT2D eigenvalue weighted by Crippen LogP contribution is 2.40. The molecule has 0 saturated heterocycles. The van der Waals surface area contributed by atoms with Crippen molar-refractivity contribution in [1.82, 2.24) is 15.6 Å². The third-order valence-corrected chi connectivity index (χ3v) is 5.00. The Labute approximate surface area is 163 Å². The number of nitrogens with zero attached hydrogens (tertiary/aromatic N) is 2. The van der Waals surface area contributed by atoms with Crippen LogP contribution in [0.3, 0.4) is 0 Å². The number of pyridine rings is 1. The quantitative estimate of drug-likeness (QED) is 0.582. The molecule has 6 nitrogen and oxygen atoms in total. The third kappa shape index (κ3) is 3.20. The first kappa shape index (κ1) is 17.4. The Kier molecular flexibility index (Phi) is 4.42. The molecule has 1 aromatic carbocycles. The minimum atomic E-state index is -0.368. The van der Waals surface area contributed by atoms with E-state index >= 15 is 0 Å². The van der Waals surface area contributed by atoms with Gasteiger partial charge in [0.05, 0.1) is 32.4 Å². The summed E-state index contributed by atoms with van der Waals surface area (Å²) in [5, 5.41) is 5.50. The molecule has 9 heteroatoms. The summed E-state index contributed by atoms with van der Waals surface area (Å²) in [7, 11) is 0.